The van der Waals surface area contributed by atoms with E-state index in [0.29, 0.717) is 6.42 Å². The molecule has 3 fully saturated rings. The molecule has 2 saturated heterocycles. The molecule has 3 aliphatic rings. The fourth-order valence-electron chi connectivity index (χ4n) is 3.74. The third-order valence-electron chi connectivity index (χ3n) is 4.31. The number of aliphatic hydroxyl groups is 1. The van der Waals surface area contributed by atoms with E-state index in [2.05, 4.69) is 0 Å². The zero-order valence-corrected chi connectivity index (χ0v) is 13.6. The predicted molar refractivity (Wildman–Crippen MR) is 73.8 cm³/mol. The lowest BCUT2D eigenvalue weighted by Crippen LogP contribution is -2.62. The Labute approximate surface area is 129 Å². The highest BCUT2D eigenvalue weighted by Gasteiger charge is 2.66. The maximum Gasteiger partial charge on any atom is 0.302 e. The van der Waals surface area contributed by atoms with Crippen molar-refractivity contribution in [3.8, 4) is 0 Å². The minimum absolute atomic E-state index is 0.0144. The first-order chi connectivity index (χ1) is 10.0. The molecule has 2 heterocycles. The van der Waals surface area contributed by atoms with Crippen LogP contribution in [0.5, 0.6) is 0 Å². The summed E-state index contributed by atoms with van der Waals surface area (Å²) in [5.74, 6) is -2.05. The van der Waals surface area contributed by atoms with Gasteiger partial charge in [0.25, 0.3) is 0 Å². The zero-order valence-electron chi connectivity index (χ0n) is 13.6. The van der Waals surface area contributed by atoms with Crippen molar-refractivity contribution in [1.82, 2.24) is 0 Å². The Kier molecular flexibility index (Phi) is 3.58. The topological polar surface area (TPSA) is 83.5 Å². The van der Waals surface area contributed by atoms with Gasteiger partial charge in [-0.05, 0) is 27.7 Å². The lowest BCUT2D eigenvalue weighted by Gasteiger charge is -2.42. The number of aliphatic hydroxyl groups excluding tert-OH is 1. The molecule has 7 nitrogen and oxygen atoms in total. The van der Waals surface area contributed by atoms with Gasteiger partial charge >= 0.3 is 5.97 Å². The van der Waals surface area contributed by atoms with Gasteiger partial charge in [0.2, 0.25) is 0 Å². The largest absolute Gasteiger partial charge is 0.463 e. The van der Waals surface area contributed by atoms with Gasteiger partial charge in [-0.1, -0.05) is 0 Å². The van der Waals surface area contributed by atoms with Crippen LogP contribution in [-0.2, 0) is 28.5 Å². The van der Waals surface area contributed by atoms with E-state index in [1.807, 2.05) is 0 Å². The number of rotatable bonds is 2. The quantitative estimate of drug-likeness (QED) is 0.752. The Morgan fingerprint density at radius 2 is 1.86 bits per heavy atom. The number of carbonyl (C=O) groups excluding carboxylic acids is 1. The van der Waals surface area contributed by atoms with Crippen LogP contribution in [0.2, 0.25) is 0 Å². The first-order valence-electron chi connectivity index (χ1n) is 7.59. The molecular formula is C15H24O7. The van der Waals surface area contributed by atoms with Crippen molar-refractivity contribution in [3.05, 3.63) is 0 Å². The number of ether oxygens (including phenoxy) is 5. The van der Waals surface area contributed by atoms with E-state index in [1.165, 1.54) is 6.92 Å². The van der Waals surface area contributed by atoms with Crippen molar-refractivity contribution in [3.63, 3.8) is 0 Å². The molecule has 1 N–H and O–H groups in total. The molecule has 22 heavy (non-hydrogen) atoms. The van der Waals surface area contributed by atoms with E-state index in [0.717, 1.165) is 0 Å². The SMILES string of the molecule is CC(=O)OC[C@@]12C[C@H]3OC(C)(C)O[C@H]3[C@@H](O)[C@@H]1OC(C)(C)O2. The van der Waals surface area contributed by atoms with E-state index < -0.39 is 41.5 Å². The fraction of sp³-hybridized carbons (Fsp3) is 0.933. The van der Waals surface area contributed by atoms with Crippen molar-refractivity contribution < 1.29 is 33.6 Å². The predicted octanol–water partition coefficient (Wildman–Crippen LogP) is 0.724. The van der Waals surface area contributed by atoms with Gasteiger partial charge < -0.3 is 28.8 Å². The van der Waals surface area contributed by atoms with Crippen LogP contribution in [-0.4, -0.2) is 59.3 Å². The first kappa shape index (κ1) is 16.1. The minimum atomic E-state index is -0.931. The third-order valence-corrected chi connectivity index (χ3v) is 4.31. The normalized spacial score (nSPS) is 45.2. The lowest BCUT2D eigenvalue weighted by atomic mass is 9.77. The molecule has 0 spiro atoms. The van der Waals surface area contributed by atoms with Crippen LogP contribution in [0.15, 0.2) is 0 Å². The molecule has 2 aliphatic heterocycles. The summed E-state index contributed by atoms with van der Waals surface area (Å²) in [5, 5.41) is 10.7. The van der Waals surface area contributed by atoms with E-state index >= 15 is 0 Å². The highest BCUT2D eigenvalue weighted by molar-refractivity contribution is 5.66. The molecule has 3 rings (SSSR count). The van der Waals surface area contributed by atoms with Crippen LogP contribution in [0.25, 0.3) is 0 Å². The molecule has 0 amide bonds. The number of esters is 1. The molecule has 1 aliphatic carbocycles. The Balaban J connectivity index is 1.89. The number of hydrogen-bond acceptors (Lipinski definition) is 7. The van der Waals surface area contributed by atoms with Gasteiger partial charge in [0, 0.05) is 13.3 Å². The zero-order chi connectivity index (χ0) is 16.3. The second-order valence-electron chi connectivity index (χ2n) is 7.22. The van der Waals surface area contributed by atoms with Crippen LogP contribution in [0, 0.1) is 0 Å². The van der Waals surface area contributed by atoms with Gasteiger partial charge in [-0.3, -0.25) is 4.79 Å². The van der Waals surface area contributed by atoms with E-state index in [1.54, 1.807) is 27.7 Å². The summed E-state index contributed by atoms with van der Waals surface area (Å²) < 4.78 is 28.8. The summed E-state index contributed by atoms with van der Waals surface area (Å²) in [5.41, 5.74) is -0.931. The molecule has 126 valence electrons. The smallest absolute Gasteiger partial charge is 0.302 e. The van der Waals surface area contributed by atoms with Crippen molar-refractivity contribution in [1.29, 1.82) is 0 Å². The van der Waals surface area contributed by atoms with Gasteiger partial charge in [-0.15, -0.1) is 0 Å². The van der Waals surface area contributed by atoms with E-state index in [4.69, 9.17) is 23.7 Å². The Morgan fingerprint density at radius 1 is 1.18 bits per heavy atom. The van der Waals surface area contributed by atoms with Gasteiger partial charge in [-0.2, -0.15) is 0 Å². The Bertz CT molecular complexity index is 475. The molecule has 0 radical (unpaired) electrons. The molecule has 5 atom stereocenters. The number of carbonyl (C=O) groups is 1. The molecule has 1 saturated carbocycles. The summed E-state index contributed by atoms with van der Waals surface area (Å²) in [6.07, 6.45) is -1.95. The van der Waals surface area contributed by atoms with E-state index in [-0.39, 0.29) is 12.7 Å². The lowest BCUT2D eigenvalue weighted by molar-refractivity contribution is -0.190. The van der Waals surface area contributed by atoms with E-state index in [9.17, 15) is 9.90 Å². The highest BCUT2D eigenvalue weighted by Crippen LogP contribution is 2.49. The van der Waals surface area contributed by atoms with Crippen molar-refractivity contribution in [2.75, 3.05) is 6.61 Å². The van der Waals surface area contributed by atoms with Crippen LogP contribution in [0.3, 0.4) is 0 Å². The minimum Gasteiger partial charge on any atom is -0.463 e. The molecule has 0 bridgehead atoms. The summed E-state index contributed by atoms with van der Waals surface area (Å²) in [7, 11) is 0. The summed E-state index contributed by atoms with van der Waals surface area (Å²) in [4.78, 5) is 11.2. The Morgan fingerprint density at radius 3 is 2.50 bits per heavy atom. The van der Waals surface area contributed by atoms with Crippen molar-refractivity contribution in [2.24, 2.45) is 0 Å². The maximum absolute atomic E-state index is 11.2. The monoisotopic (exact) mass is 316 g/mol. The molecule has 0 unspecified atom stereocenters. The molecule has 0 aromatic rings. The second-order valence-corrected chi connectivity index (χ2v) is 7.22. The Hall–Kier alpha value is -0.730. The van der Waals surface area contributed by atoms with Gasteiger partial charge in [-0.25, -0.2) is 0 Å². The number of fused-ring (bicyclic) bond motifs is 2. The summed E-state index contributed by atoms with van der Waals surface area (Å²) in [6, 6.07) is 0. The van der Waals surface area contributed by atoms with Crippen LogP contribution in [0.1, 0.15) is 41.0 Å². The standard InChI is InChI=1S/C15H24O7/c1-8(16)18-7-15-6-9-11(20-13(2,3)19-9)10(17)12(15)21-14(4,5)22-15/h9-12,17H,6-7H2,1-5H3/t9-,10-,11-,12+,15+/m1/s1. The van der Waals surface area contributed by atoms with Crippen molar-refractivity contribution in [2.45, 2.75) is 82.6 Å². The summed E-state index contributed by atoms with van der Waals surface area (Å²) in [6.45, 7) is 8.51. The van der Waals surface area contributed by atoms with Gasteiger partial charge in [0.15, 0.2) is 11.6 Å². The highest BCUT2D eigenvalue weighted by atomic mass is 16.8. The average molecular weight is 316 g/mol. The molecule has 0 aromatic heterocycles. The van der Waals surface area contributed by atoms with Crippen LogP contribution in [0.4, 0.5) is 0 Å². The third kappa shape index (κ3) is 2.65. The van der Waals surface area contributed by atoms with Gasteiger partial charge in [0.05, 0.1) is 6.10 Å². The van der Waals surface area contributed by atoms with Crippen LogP contribution >= 0.6 is 0 Å². The molecule has 7 heteroatoms. The van der Waals surface area contributed by atoms with Crippen LogP contribution < -0.4 is 0 Å². The number of hydrogen-bond donors (Lipinski definition) is 1. The second kappa shape index (κ2) is 4.88. The maximum atomic E-state index is 11.2. The fourth-order valence-corrected chi connectivity index (χ4v) is 3.74. The average Bonchev–Trinajstić information content (AvgIpc) is 2.80. The summed E-state index contributed by atoms with van der Waals surface area (Å²) >= 11 is 0. The first-order valence-corrected chi connectivity index (χ1v) is 7.59. The molecular weight excluding hydrogens is 292 g/mol. The van der Waals surface area contributed by atoms with Gasteiger partial charge in [0.1, 0.15) is 30.5 Å². The molecule has 0 aromatic carbocycles. The van der Waals surface area contributed by atoms with Crippen molar-refractivity contribution >= 4 is 5.97 Å².